The summed E-state index contributed by atoms with van der Waals surface area (Å²) in [4.78, 5) is 47.9. The van der Waals surface area contributed by atoms with Gasteiger partial charge >= 0.3 is 17.8 Å². The summed E-state index contributed by atoms with van der Waals surface area (Å²) in [6, 6.07) is 1.98. The molecule has 0 unspecified atom stereocenters. The average molecular weight is 323 g/mol. The van der Waals surface area contributed by atoms with Crippen LogP contribution in [0, 0.1) is 11.6 Å². The number of carbonyl (C=O) groups excluding carboxylic acids is 4. The molecule has 23 heavy (non-hydrogen) atoms. The molecule has 0 bridgehead atoms. The SMILES string of the molecule is C=CCN1C(=O)C(=O)N(CC(=O)Nc2c(F)cccc2F)C1=O. The molecule has 2 rings (SSSR count). The molecule has 1 aliphatic heterocycles. The minimum absolute atomic E-state index is 0.191. The number of hydrogen-bond donors (Lipinski definition) is 1. The summed E-state index contributed by atoms with van der Waals surface area (Å²) in [6.07, 6.45) is 1.24. The van der Waals surface area contributed by atoms with Gasteiger partial charge in [0.1, 0.15) is 23.9 Å². The molecule has 1 N–H and O–H groups in total. The first kappa shape index (κ1) is 16.3. The third-order valence-corrected chi connectivity index (χ3v) is 2.98. The lowest BCUT2D eigenvalue weighted by Gasteiger charge is -2.14. The Balaban J connectivity index is 2.11. The number of amides is 5. The number of benzene rings is 1. The Bertz CT molecular complexity index is 700. The zero-order valence-electron chi connectivity index (χ0n) is 11.7. The predicted molar refractivity (Wildman–Crippen MR) is 74.0 cm³/mol. The fraction of sp³-hybridized carbons (Fsp3) is 0.143. The Labute approximate surface area is 129 Å². The fourth-order valence-corrected chi connectivity index (χ4v) is 1.92. The number of imide groups is 2. The van der Waals surface area contributed by atoms with Gasteiger partial charge in [0.05, 0.1) is 0 Å². The summed E-state index contributed by atoms with van der Waals surface area (Å²) in [5.41, 5.74) is -0.703. The second-order valence-corrected chi connectivity index (χ2v) is 4.52. The topological polar surface area (TPSA) is 86.8 Å². The standard InChI is InChI=1S/C14H11F2N3O4/c1-2-6-18-12(21)13(22)19(14(18)23)7-10(20)17-11-8(15)4-3-5-9(11)16/h2-5H,1,6-7H2,(H,17,20). The van der Waals surface area contributed by atoms with Gasteiger partial charge in [0, 0.05) is 6.54 Å². The van der Waals surface area contributed by atoms with E-state index in [1.54, 1.807) is 0 Å². The van der Waals surface area contributed by atoms with Crippen molar-refractivity contribution in [2.45, 2.75) is 0 Å². The van der Waals surface area contributed by atoms with E-state index < -0.39 is 47.6 Å². The highest BCUT2D eigenvalue weighted by atomic mass is 19.1. The van der Waals surface area contributed by atoms with Crippen molar-refractivity contribution in [3.05, 3.63) is 42.5 Å². The second kappa shape index (κ2) is 6.34. The van der Waals surface area contributed by atoms with Crippen molar-refractivity contribution in [1.82, 2.24) is 9.80 Å². The van der Waals surface area contributed by atoms with E-state index in [0.717, 1.165) is 18.2 Å². The normalized spacial score (nSPS) is 14.4. The molecule has 0 spiro atoms. The number of anilines is 1. The predicted octanol–water partition coefficient (Wildman–Crippen LogP) is 0.880. The molecule has 0 atom stereocenters. The second-order valence-electron chi connectivity index (χ2n) is 4.52. The molecule has 1 saturated heterocycles. The Kier molecular flexibility index (Phi) is 4.49. The molecular formula is C14H11F2N3O4. The van der Waals surface area contributed by atoms with E-state index in [4.69, 9.17) is 0 Å². The number of halogens is 2. The van der Waals surface area contributed by atoms with Crippen LogP contribution in [0.2, 0.25) is 0 Å². The molecule has 1 aliphatic rings. The maximum absolute atomic E-state index is 13.4. The molecule has 0 saturated carbocycles. The Morgan fingerprint density at radius 1 is 1.13 bits per heavy atom. The van der Waals surface area contributed by atoms with Crippen LogP contribution in [0.3, 0.4) is 0 Å². The summed E-state index contributed by atoms with van der Waals surface area (Å²) < 4.78 is 26.9. The van der Waals surface area contributed by atoms with E-state index >= 15 is 0 Å². The number of para-hydroxylation sites is 1. The average Bonchev–Trinajstić information content (AvgIpc) is 2.69. The number of urea groups is 1. The van der Waals surface area contributed by atoms with Gasteiger partial charge in [-0.05, 0) is 12.1 Å². The van der Waals surface area contributed by atoms with Crippen LogP contribution in [-0.4, -0.2) is 46.6 Å². The van der Waals surface area contributed by atoms with Crippen LogP contribution in [0.1, 0.15) is 0 Å². The van der Waals surface area contributed by atoms with Crippen LogP contribution < -0.4 is 5.32 Å². The van der Waals surface area contributed by atoms with Crippen molar-refractivity contribution in [2.75, 3.05) is 18.4 Å². The van der Waals surface area contributed by atoms with Crippen LogP contribution in [-0.2, 0) is 14.4 Å². The van der Waals surface area contributed by atoms with Crippen molar-refractivity contribution in [2.24, 2.45) is 0 Å². The van der Waals surface area contributed by atoms with E-state index in [2.05, 4.69) is 6.58 Å². The van der Waals surface area contributed by atoms with Crippen molar-refractivity contribution >= 4 is 29.4 Å². The van der Waals surface area contributed by atoms with E-state index in [1.165, 1.54) is 6.08 Å². The third kappa shape index (κ3) is 3.07. The lowest BCUT2D eigenvalue weighted by molar-refractivity contribution is -0.143. The minimum Gasteiger partial charge on any atom is -0.320 e. The molecule has 1 fully saturated rings. The molecule has 7 nitrogen and oxygen atoms in total. The van der Waals surface area contributed by atoms with E-state index in [1.807, 2.05) is 5.32 Å². The van der Waals surface area contributed by atoms with Gasteiger partial charge in [-0.25, -0.2) is 18.5 Å². The number of nitrogens with zero attached hydrogens (tertiary/aromatic N) is 2. The fourth-order valence-electron chi connectivity index (χ4n) is 1.92. The maximum Gasteiger partial charge on any atom is 0.335 e. The largest absolute Gasteiger partial charge is 0.335 e. The van der Waals surface area contributed by atoms with Crippen molar-refractivity contribution in [1.29, 1.82) is 0 Å². The molecule has 9 heteroatoms. The first-order valence-corrected chi connectivity index (χ1v) is 6.39. The van der Waals surface area contributed by atoms with Crippen LogP contribution >= 0.6 is 0 Å². The van der Waals surface area contributed by atoms with Gasteiger partial charge < -0.3 is 5.32 Å². The van der Waals surface area contributed by atoms with Crippen molar-refractivity contribution in [3.63, 3.8) is 0 Å². The van der Waals surface area contributed by atoms with E-state index in [-0.39, 0.29) is 6.54 Å². The molecule has 0 aliphatic carbocycles. The van der Waals surface area contributed by atoms with Gasteiger partial charge in [-0.3, -0.25) is 19.3 Å². The zero-order chi connectivity index (χ0) is 17.1. The molecule has 120 valence electrons. The zero-order valence-corrected chi connectivity index (χ0v) is 11.7. The molecule has 0 aromatic heterocycles. The summed E-state index contributed by atoms with van der Waals surface area (Å²) in [6.45, 7) is 2.31. The van der Waals surface area contributed by atoms with Gasteiger partial charge in [0.15, 0.2) is 0 Å². The summed E-state index contributed by atoms with van der Waals surface area (Å²) in [5, 5.41) is 1.92. The smallest absolute Gasteiger partial charge is 0.320 e. The molecule has 1 heterocycles. The molecular weight excluding hydrogens is 312 g/mol. The van der Waals surface area contributed by atoms with Crippen LogP contribution in [0.4, 0.5) is 19.3 Å². The Morgan fingerprint density at radius 2 is 1.70 bits per heavy atom. The van der Waals surface area contributed by atoms with E-state index in [0.29, 0.717) is 9.80 Å². The lowest BCUT2D eigenvalue weighted by Crippen LogP contribution is -2.39. The number of nitrogens with one attached hydrogen (secondary N) is 1. The molecule has 1 aromatic carbocycles. The Morgan fingerprint density at radius 3 is 2.26 bits per heavy atom. The highest BCUT2D eigenvalue weighted by Gasteiger charge is 2.44. The van der Waals surface area contributed by atoms with Crippen molar-refractivity contribution in [3.8, 4) is 0 Å². The first-order valence-electron chi connectivity index (χ1n) is 6.39. The highest BCUT2D eigenvalue weighted by molar-refractivity contribution is 6.45. The summed E-state index contributed by atoms with van der Waals surface area (Å²) in [5.74, 6) is -5.34. The van der Waals surface area contributed by atoms with Gasteiger partial charge in [0.2, 0.25) is 5.91 Å². The lowest BCUT2D eigenvalue weighted by atomic mass is 10.3. The van der Waals surface area contributed by atoms with Gasteiger partial charge in [-0.15, -0.1) is 6.58 Å². The van der Waals surface area contributed by atoms with Crippen molar-refractivity contribution < 1.29 is 28.0 Å². The quantitative estimate of drug-likeness (QED) is 0.495. The first-order chi connectivity index (χ1) is 10.9. The number of rotatable bonds is 5. The summed E-state index contributed by atoms with van der Waals surface area (Å²) >= 11 is 0. The van der Waals surface area contributed by atoms with E-state index in [9.17, 15) is 28.0 Å². The van der Waals surface area contributed by atoms with Gasteiger partial charge in [-0.1, -0.05) is 12.1 Å². The van der Waals surface area contributed by atoms with Crippen LogP contribution in [0.25, 0.3) is 0 Å². The highest BCUT2D eigenvalue weighted by Crippen LogP contribution is 2.18. The molecule has 0 radical (unpaired) electrons. The third-order valence-electron chi connectivity index (χ3n) is 2.98. The maximum atomic E-state index is 13.4. The van der Waals surface area contributed by atoms with Gasteiger partial charge in [0.25, 0.3) is 0 Å². The Hall–Kier alpha value is -3.10. The number of hydrogen-bond acceptors (Lipinski definition) is 4. The number of carbonyl (C=O) groups is 4. The van der Waals surface area contributed by atoms with Crippen LogP contribution in [0.5, 0.6) is 0 Å². The minimum atomic E-state index is -1.19. The molecule has 5 amide bonds. The molecule has 1 aromatic rings. The summed E-state index contributed by atoms with van der Waals surface area (Å²) in [7, 11) is 0. The van der Waals surface area contributed by atoms with Gasteiger partial charge in [-0.2, -0.15) is 0 Å². The van der Waals surface area contributed by atoms with Crippen LogP contribution in [0.15, 0.2) is 30.9 Å². The monoisotopic (exact) mass is 323 g/mol.